The van der Waals surface area contributed by atoms with E-state index in [1.165, 1.54) is 6.42 Å². The molecule has 2 atom stereocenters. The maximum absolute atomic E-state index is 12.0. The van der Waals surface area contributed by atoms with E-state index in [0.717, 1.165) is 32.7 Å². The fraction of sp³-hybridized carbons (Fsp3) is 0.917. The molecule has 2 fully saturated rings. The quantitative estimate of drug-likeness (QED) is 0.699. The van der Waals surface area contributed by atoms with Crippen LogP contribution < -0.4 is 5.32 Å². The van der Waals surface area contributed by atoms with Gasteiger partial charge in [0, 0.05) is 45.3 Å². The summed E-state index contributed by atoms with van der Waals surface area (Å²) >= 11 is 0. The summed E-state index contributed by atoms with van der Waals surface area (Å²) in [5, 5.41) is 3.37. The van der Waals surface area contributed by atoms with Gasteiger partial charge in [0.1, 0.15) is 0 Å². The van der Waals surface area contributed by atoms with E-state index < -0.39 is 0 Å². The standard InChI is InChI=1S/C12H22N2O2/c1-2-16-7-3-4-12(15)14-6-5-10-8-13-9-11(10)14/h10-11,13H,2-9H2,1H3/t10-,11+/m0/s1. The Hall–Kier alpha value is -0.610. The SMILES string of the molecule is CCOCCCC(=O)N1CC[C@H]2CNC[C@H]21. The average Bonchev–Trinajstić information content (AvgIpc) is 2.85. The van der Waals surface area contributed by atoms with E-state index in [4.69, 9.17) is 4.74 Å². The highest BCUT2D eigenvalue weighted by Crippen LogP contribution is 2.27. The van der Waals surface area contributed by atoms with Crippen LogP contribution in [0.1, 0.15) is 26.2 Å². The normalized spacial score (nSPS) is 28.4. The second-order valence-corrected chi connectivity index (χ2v) is 4.66. The molecule has 4 heteroatoms. The van der Waals surface area contributed by atoms with Crippen LogP contribution in [0.15, 0.2) is 0 Å². The highest BCUT2D eigenvalue weighted by molar-refractivity contribution is 5.77. The van der Waals surface area contributed by atoms with Crippen molar-refractivity contribution in [1.82, 2.24) is 10.2 Å². The first kappa shape index (κ1) is 11.9. The minimum absolute atomic E-state index is 0.316. The first-order chi connectivity index (χ1) is 7.83. The summed E-state index contributed by atoms with van der Waals surface area (Å²) in [5.41, 5.74) is 0. The summed E-state index contributed by atoms with van der Waals surface area (Å²) in [5.74, 6) is 1.02. The fourth-order valence-electron chi connectivity index (χ4n) is 2.77. The van der Waals surface area contributed by atoms with E-state index >= 15 is 0 Å². The molecule has 92 valence electrons. The molecule has 0 aromatic carbocycles. The van der Waals surface area contributed by atoms with Gasteiger partial charge in [-0.2, -0.15) is 0 Å². The Morgan fingerprint density at radius 3 is 3.19 bits per heavy atom. The van der Waals surface area contributed by atoms with Crippen molar-refractivity contribution in [1.29, 1.82) is 0 Å². The summed E-state index contributed by atoms with van der Waals surface area (Å²) in [6, 6.07) is 0.472. The van der Waals surface area contributed by atoms with E-state index in [9.17, 15) is 4.79 Å². The Morgan fingerprint density at radius 1 is 1.50 bits per heavy atom. The van der Waals surface area contributed by atoms with Crippen molar-refractivity contribution in [3.05, 3.63) is 0 Å². The summed E-state index contributed by atoms with van der Waals surface area (Å²) in [6.45, 7) is 6.48. The molecule has 2 heterocycles. The van der Waals surface area contributed by atoms with Crippen molar-refractivity contribution in [3.8, 4) is 0 Å². The van der Waals surface area contributed by atoms with Gasteiger partial charge in [-0.3, -0.25) is 4.79 Å². The summed E-state index contributed by atoms with van der Waals surface area (Å²) < 4.78 is 5.25. The molecule has 0 aliphatic carbocycles. The predicted molar refractivity (Wildman–Crippen MR) is 62.2 cm³/mol. The molecule has 0 saturated carbocycles. The number of nitrogens with one attached hydrogen (secondary N) is 1. The average molecular weight is 226 g/mol. The number of likely N-dealkylation sites (tertiary alicyclic amines) is 1. The van der Waals surface area contributed by atoms with Crippen molar-refractivity contribution < 1.29 is 9.53 Å². The van der Waals surface area contributed by atoms with Gasteiger partial charge >= 0.3 is 0 Å². The van der Waals surface area contributed by atoms with Crippen LogP contribution in [0.5, 0.6) is 0 Å². The Labute approximate surface area is 97.3 Å². The molecule has 4 nitrogen and oxygen atoms in total. The molecule has 0 aromatic heterocycles. The zero-order valence-corrected chi connectivity index (χ0v) is 10.1. The molecule has 0 spiro atoms. The van der Waals surface area contributed by atoms with Crippen LogP contribution in [0.4, 0.5) is 0 Å². The van der Waals surface area contributed by atoms with Crippen molar-refractivity contribution in [3.63, 3.8) is 0 Å². The molecule has 0 unspecified atom stereocenters. The van der Waals surface area contributed by atoms with Crippen LogP contribution in [0.3, 0.4) is 0 Å². The van der Waals surface area contributed by atoms with Gasteiger partial charge in [-0.25, -0.2) is 0 Å². The molecule has 0 radical (unpaired) electrons. The van der Waals surface area contributed by atoms with Crippen LogP contribution in [0.2, 0.25) is 0 Å². The zero-order valence-electron chi connectivity index (χ0n) is 10.1. The number of hydrogen-bond acceptors (Lipinski definition) is 3. The van der Waals surface area contributed by atoms with Crippen molar-refractivity contribution in [2.45, 2.75) is 32.2 Å². The van der Waals surface area contributed by atoms with Gasteiger partial charge in [-0.05, 0) is 25.7 Å². The molecular weight excluding hydrogens is 204 g/mol. The number of carbonyl (C=O) groups is 1. The lowest BCUT2D eigenvalue weighted by Crippen LogP contribution is -2.39. The Kier molecular flexibility index (Phi) is 4.18. The first-order valence-electron chi connectivity index (χ1n) is 6.41. The van der Waals surface area contributed by atoms with Crippen LogP contribution in [-0.2, 0) is 9.53 Å². The maximum Gasteiger partial charge on any atom is 0.222 e. The molecule has 1 amide bonds. The summed E-state index contributed by atoms with van der Waals surface area (Å²) in [4.78, 5) is 14.1. The third kappa shape index (κ3) is 2.55. The number of fused-ring (bicyclic) bond motifs is 1. The van der Waals surface area contributed by atoms with Crippen LogP contribution in [-0.4, -0.2) is 49.7 Å². The molecular formula is C12H22N2O2. The van der Waals surface area contributed by atoms with Gasteiger partial charge in [0.15, 0.2) is 0 Å². The highest BCUT2D eigenvalue weighted by Gasteiger charge is 2.39. The predicted octanol–water partition coefficient (Wildman–Crippen LogP) is 0.623. The molecule has 16 heavy (non-hydrogen) atoms. The van der Waals surface area contributed by atoms with Gasteiger partial charge in [-0.15, -0.1) is 0 Å². The van der Waals surface area contributed by atoms with E-state index in [-0.39, 0.29) is 0 Å². The van der Waals surface area contributed by atoms with E-state index in [1.54, 1.807) is 0 Å². The number of hydrogen-bond donors (Lipinski definition) is 1. The first-order valence-corrected chi connectivity index (χ1v) is 6.41. The Morgan fingerprint density at radius 2 is 2.38 bits per heavy atom. The topological polar surface area (TPSA) is 41.6 Å². The van der Waals surface area contributed by atoms with Gasteiger partial charge in [0.2, 0.25) is 5.91 Å². The molecule has 2 rings (SSSR count). The minimum Gasteiger partial charge on any atom is -0.382 e. The van der Waals surface area contributed by atoms with E-state index in [1.807, 2.05) is 6.92 Å². The third-order valence-corrected chi connectivity index (χ3v) is 3.65. The molecule has 2 saturated heterocycles. The summed E-state index contributed by atoms with van der Waals surface area (Å²) in [6.07, 6.45) is 2.67. The molecule has 2 aliphatic rings. The minimum atomic E-state index is 0.316. The fourth-order valence-corrected chi connectivity index (χ4v) is 2.77. The van der Waals surface area contributed by atoms with Crippen molar-refractivity contribution in [2.24, 2.45) is 5.92 Å². The lowest BCUT2D eigenvalue weighted by Gasteiger charge is -2.23. The lowest BCUT2D eigenvalue weighted by atomic mass is 10.1. The Bertz CT molecular complexity index is 245. The van der Waals surface area contributed by atoms with Gasteiger partial charge < -0.3 is 15.0 Å². The molecule has 0 aromatic rings. The second kappa shape index (κ2) is 5.64. The lowest BCUT2D eigenvalue weighted by molar-refractivity contribution is -0.132. The molecule has 0 bridgehead atoms. The second-order valence-electron chi connectivity index (χ2n) is 4.66. The molecule has 2 aliphatic heterocycles. The molecule has 1 N–H and O–H groups in total. The number of carbonyl (C=O) groups excluding carboxylic acids is 1. The van der Waals surface area contributed by atoms with Crippen LogP contribution in [0.25, 0.3) is 0 Å². The number of ether oxygens (including phenoxy) is 1. The highest BCUT2D eigenvalue weighted by atomic mass is 16.5. The van der Waals surface area contributed by atoms with Crippen molar-refractivity contribution >= 4 is 5.91 Å². The van der Waals surface area contributed by atoms with Gasteiger partial charge in [0.25, 0.3) is 0 Å². The zero-order chi connectivity index (χ0) is 11.4. The van der Waals surface area contributed by atoms with E-state index in [2.05, 4.69) is 10.2 Å². The van der Waals surface area contributed by atoms with Crippen LogP contribution in [0, 0.1) is 5.92 Å². The smallest absolute Gasteiger partial charge is 0.222 e. The number of rotatable bonds is 5. The number of amides is 1. The Balaban J connectivity index is 1.72. The van der Waals surface area contributed by atoms with E-state index in [0.29, 0.717) is 30.9 Å². The maximum atomic E-state index is 12.0. The van der Waals surface area contributed by atoms with Gasteiger partial charge in [0.05, 0.1) is 0 Å². The number of nitrogens with zero attached hydrogens (tertiary/aromatic N) is 1. The van der Waals surface area contributed by atoms with Crippen molar-refractivity contribution in [2.75, 3.05) is 32.8 Å². The monoisotopic (exact) mass is 226 g/mol. The largest absolute Gasteiger partial charge is 0.382 e. The van der Waals surface area contributed by atoms with Crippen LogP contribution >= 0.6 is 0 Å². The third-order valence-electron chi connectivity index (χ3n) is 3.65. The van der Waals surface area contributed by atoms with Gasteiger partial charge in [-0.1, -0.05) is 0 Å². The summed E-state index contributed by atoms with van der Waals surface area (Å²) in [7, 11) is 0.